The molecule has 1 aliphatic heterocycles. The van der Waals surface area contributed by atoms with E-state index in [1.165, 1.54) is 11.3 Å². The van der Waals surface area contributed by atoms with Crippen molar-refractivity contribution < 1.29 is 9.53 Å². The van der Waals surface area contributed by atoms with E-state index in [1.54, 1.807) is 12.1 Å². The van der Waals surface area contributed by atoms with Crippen LogP contribution >= 0.6 is 22.9 Å². The van der Waals surface area contributed by atoms with E-state index in [2.05, 4.69) is 24.1 Å². The van der Waals surface area contributed by atoms with E-state index in [0.717, 1.165) is 26.3 Å². The third-order valence-corrected chi connectivity index (χ3v) is 4.78. The summed E-state index contributed by atoms with van der Waals surface area (Å²) in [7, 11) is 0. The SMILES string of the molecule is CC(C)C(CNC(=O)c1ccc(Cl)s1)N1CCOCC1. The fourth-order valence-electron chi connectivity index (χ4n) is 2.42. The molecule has 1 saturated heterocycles. The number of halogens is 1. The molecule has 1 amide bonds. The van der Waals surface area contributed by atoms with Crippen LogP contribution in [0.2, 0.25) is 4.34 Å². The molecule has 1 N–H and O–H groups in total. The molecule has 1 fully saturated rings. The van der Waals surface area contributed by atoms with Crippen LogP contribution in [0.4, 0.5) is 0 Å². The first-order valence-corrected chi connectivity index (χ1v) is 8.12. The van der Waals surface area contributed by atoms with Crippen molar-refractivity contribution in [3.05, 3.63) is 21.3 Å². The Morgan fingerprint density at radius 3 is 2.70 bits per heavy atom. The first kappa shape index (κ1) is 15.8. The zero-order valence-electron chi connectivity index (χ0n) is 11.9. The lowest BCUT2D eigenvalue weighted by atomic mass is 10.0. The van der Waals surface area contributed by atoms with Gasteiger partial charge in [-0.15, -0.1) is 11.3 Å². The first-order chi connectivity index (χ1) is 9.58. The van der Waals surface area contributed by atoms with Gasteiger partial charge in [0.15, 0.2) is 0 Å². The second kappa shape index (κ2) is 7.41. The minimum atomic E-state index is -0.0409. The van der Waals surface area contributed by atoms with E-state index in [0.29, 0.717) is 27.7 Å². The second-order valence-corrected chi connectivity index (χ2v) is 6.99. The predicted octanol–water partition coefficient (Wildman–Crippen LogP) is 2.49. The highest BCUT2D eigenvalue weighted by atomic mass is 35.5. The van der Waals surface area contributed by atoms with Crippen LogP contribution in [0, 0.1) is 5.92 Å². The Bertz CT molecular complexity index is 444. The van der Waals surface area contributed by atoms with Crippen LogP contribution in [-0.4, -0.2) is 49.7 Å². The summed E-state index contributed by atoms with van der Waals surface area (Å²) in [5, 5.41) is 3.02. The molecule has 1 aliphatic rings. The molecule has 6 heteroatoms. The van der Waals surface area contributed by atoms with Gasteiger partial charge in [-0.2, -0.15) is 0 Å². The van der Waals surface area contributed by atoms with Gasteiger partial charge in [0.25, 0.3) is 5.91 Å². The number of morpholine rings is 1. The molecule has 1 unspecified atom stereocenters. The summed E-state index contributed by atoms with van der Waals surface area (Å²) >= 11 is 7.17. The van der Waals surface area contributed by atoms with Crippen molar-refractivity contribution in [1.82, 2.24) is 10.2 Å². The van der Waals surface area contributed by atoms with Gasteiger partial charge in [-0.1, -0.05) is 25.4 Å². The Hall–Kier alpha value is -0.620. The molecule has 2 rings (SSSR count). The maximum Gasteiger partial charge on any atom is 0.261 e. The summed E-state index contributed by atoms with van der Waals surface area (Å²) in [4.78, 5) is 15.1. The van der Waals surface area contributed by atoms with Crippen LogP contribution in [0.1, 0.15) is 23.5 Å². The molecule has 20 heavy (non-hydrogen) atoms. The summed E-state index contributed by atoms with van der Waals surface area (Å²) < 4.78 is 6.03. The molecule has 0 aromatic carbocycles. The predicted molar refractivity (Wildman–Crippen MR) is 82.7 cm³/mol. The fraction of sp³-hybridized carbons (Fsp3) is 0.643. The highest BCUT2D eigenvalue weighted by Gasteiger charge is 2.24. The van der Waals surface area contributed by atoms with Crippen LogP contribution in [0.15, 0.2) is 12.1 Å². The zero-order valence-corrected chi connectivity index (χ0v) is 13.5. The summed E-state index contributed by atoms with van der Waals surface area (Å²) in [6.45, 7) is 8.46. The lowest BCUT2D eigenvalue weighted by Gasteiger charge is -2.36. The minimum Gasteiger partial charge on any atom is -0.379 e. The Kier molecular flexibility index (Phi) is 5.84. The quantitative estimate of drug-likeness (QED) is 0.907. The third-order valence-electron chi connectivity index (χ3n) is 3.55. The average molecular weight is 317 g/mol. The summed E-state index contributed by atoms with van der Waals surface area (Å²) in [5.74, 6) is 0.445. The van der Waals surface area contributed by atoms with Gasteiger partial charge in [0.2, 0.25) is 0 Å². The monoisotopic (exact) mass is 316 g/mol. The number of carbonyl (C=O) groups is 1. The molecular formula is C14H21ClN2O2S. The van der Waals surface area contributed by atoms with Crippen molar-refractivity contribution in [3.8, 4) is 0 Å². The largest absolute Gasteiger partial charge is 0.379 e. The summed E-state index contributed by atoms with van der Waals surface area (Å²) in [5.41, 5.74) is 0. The zero-order chi connectivity index (χ0) is 14.5. The molecule has 0 spiro atoms. The van der Waals surface area contributed by atoms with Crippen LogP contribution < -0.4 is 5.32 Å². The van der Waals surface area contributed by atoms with Gasteiger partial charge in [-0.3, -0.25) is 9.69 Å². The van der Waals surface area contributed by atoms with Gasteiger partial charge in [0, 0.05) is 25.7 Å². The third kappa shape index (κ3) is 4.19. The normalized spacial score (nSPS) is 18.2. The van der Waals surface area contributed by atoms with Gasteiger partial charge in [-0.25, -0.2) is 0 Å². The number of ether oxygens (including phenoxy) is 1. The second-order valence-electron chi connectivity index (χ2n) is 5.27. The van der Waals surface area contributed by atoms with E-state index in [9.17, 15) is 4.79 Å². The number of amides is 1. The molecular weight excluding hydrogens is 296 g/mol. The number of hydrogen-bond donors (Lipinski definition) is 1. The smallest absolute Gasteiger partial charge is 0.261 e. The number of nitrogens with zero attached hydrogens (tertiary/aromatic N) is 1. The van der Waals surface area contributed by atoms with Crippen molar-refractivity contribution in [3.63, 3.8) is 0 Å². The number of rotatable bonds is 5. The number of thiophene rings is 1. The van der Waals surface area contributed by atoms with E-state index in [4.69, 9.17) is 16.3 Å². The average Bonchev–Trinajstić information content (AvgIpc) is 2.86. The van der Waals surface area contributed by atoms with Gasteiger partial charge >= 0.3 is 0 Å². The minimum absolute atomic E-state index is 0.0409. The topological polar surface area (TPSA) is 41.6 Å². The molecule has 0 radical (unpaired) electrons. The van der Waals surface area contributed by atoms with Crippen molar-refractivity contribution in [2.24, 2.45) is 5.92 Å². The molecule has 1 aromatic heterocycles. The van der Waals surface area contributed by atoms with Gasteiger partial charge in [-0.05, 0) is 18.1 Å². The van der Waals surface area contributed by atoms with Crippen molar-refractivity contribution >= 4 is 28.8 Å². The standard InChI is InChI=1S/C14H21ClN2O2S/c1-10(2)11(17-5-7-19-8-6-17)9-16-14(18)12-3-4-13(15)20-12/h3-4,10-11H,5-9H2,1-2H3,(H,16,18). The van der Waals surface area contributed by atoms with Crippen LogP contribution in [0.25, 0.3) is 0 Å². The maximum absolute atomic E-state index is 12.1. The van der Waals surface area contributed by atoms with Crippen molar-refractivity contribution in [2.75, 3.05) is 32.8 Å². The van der Waals surface area contributed by atoms with Crippen LogP contribution in [-0.2, 0) is 4.74 Å². The van der Waals surface area contributed by atoms with Gasteiger partial charge < -0.3 is 10.1 Å². The lowest BCUT2D eigenvalue weighted by Crippen LogP contribution is -2.51. The van der Waals surface area contributed by atoms with E-state index >= 15 is 0 Å². The van der Waals surface area contributed by atoms with E-state index in [1.807, 2.05) is 0 Å². The van der Waals surface area contributed by atoms with E-state index in [-0.39, 0.29) is 5.91 Å². The van der Waals surface area contributed by atoms with Crippen LogP contribution in [0.5, 0.6) is 0 Å². The maximum atomic E-state index is 12.1. The molecule has 112 valence electrons. The Labute approximate surface area is 129 Å². The molecule has 4 nitrogen and oxygen atoms in total. The molecule has 0 aliphatic carbocycles. The first-order valence-electron chi connectivity index (χ1n) is 6.93. The lowest BCUT2D eigenvalue weighted by molar-refractivity contribution is 0.00674. The summed E-state index contributed by atoms with van der Waals surface area (Å²) in [6.07, 6.45) is 0. The molecule has 0 bridgehead atoms. The Morgan fingerprint density at radius 1 is 1.45 bits per heavy atom. The molecule has 1 atom stereocenters. The molecule has 1 aromatic rings. The highest BCUT2D eigenvalue weighted by Crippen LogP contribution is 2.21. The van der Waals surface area contributed by atoms with Crippen LogP contribution in [0.3, 0.4) is 0 Å². The molecule has 2 heterocycles. The number of carbonyl (C=O) groups excluding carboxylic acids is 1. The van der Waals surface area contributed by atoms with Gasteiger partial charge in [0.05, 0.1) is 22.4 Å². The summed E-state index contributed by atoms with van der Waals surface area (Å²) in [6, 6.07) is 3.86. The van der Waals surface area contributed by atoms with Crippen molar-refractivity contribution in [1.29, 1.82) is 0 Å². The number of hydrogen-bond acceptors (Lipinski definition) is 4. The Morgan fingerprint density at radius 2 is 2.15 bits per heavy atom. The number of nitrogens with one attached hydrogen (secondary N) is 1. The highest BCUT2D eigenvalue weighted by molar-refractivity contribution is 7.17. The van der Waals surface area contributed by atoms with E-state index < -0.39 is 0 Å². The Balaban J connectivity index is 1.90. The fourth-order valence-corrected chi connectivity index (χ4v) is 3.38. The van der Waals surface area contributed by atoms with Crippen molar-refractivity contribution in [2.45, 2.75) is 19.9 Å². The van der Waals surface area contributed by atoms with Gasteiger partial charge in [0.1, 0.15) is 0 Å². The molecule has 0 saturated carbocycles.